The van der Waals surface area contributed by atoms with Crippen LogP contribution in [0.25, 0.3) is 0 Å². The van der Waals surface area contributed by atoms with Crippen molar-refractivity contribution in [3.63, 3.8) is 0 Å². The van der Waals surface area contributed by atoms with E-state index in [1.54, 1.807) is 24.5 Å². The van der Waals surface area contributed by atoms with E-state index >= 15 is 0 Å². The number of carbonyl (C=O) groups is 2. The van der Waals surface area contributed by atoms with Gasteiger partial charge in [-0.15, -0.1) is 0 Å². The first-order chi connectivity index (χ1) is 11.0. The van der Waals surface area contributed by atoms with Crippen molar-refractivity contribution in [1.29, 1.82) is 0 Å². The second-order valence-corrected chi connectivity index (χ2v) is 4.91. The molecule has 0 unspecified atom stereocenters. The first-order valence-electron chi connectivity index (χ1n) is 6.85. The van der Waals surface area contributed by atoms with Crippen LogP contribution in [0.15, 0.2) is 42.7 Å². The quantitative estimate of drug-likeness (QED) is 0.920. The van der Waals surface area contributed by atoms with E-state index in [0.29, 0.717) is 6.07 Å². The van der Waals surface area contributed by atoms with Crippen molar-refractivity contribution in [2.75, 3.05) is 11.9 Å². The van der Waals surface area contributed by atoms with Crippen molar-refractivity contribution in [2.24, 2.45) is 0 Å². The van der Waals surface area contributed by atoms with Gasteiger partial charge in [0.2, 0.25) is 11.8 Å². The Hall–Kier alpha value is -2.83. The lowest BCUT2D eigenvalue weighted by molar-refractivity contribution is -0.133. The number of hydrogen-bond acceptors (Lipinski definition) is 3. The Morgan fingerprint density at radius 3 is 2.65 bits per heavy atom. The van der Waals surface area contributed by atoms with Crippen molar-refractivity contribution in [3.05, 3.63) is 59.9 Å². The van der Waals surface area contributed by atoms with Gasteiger partial charge in [-0.3, -0.25) is 14.6 Å². The van der Waals surface area contributed by atoms with Crippen LogP contribution >= 0.6 is 0 Å². The SMILES string of the molecule is CC(=O)N(CC(=O)Nc1ccc(F)cc1F)Cc1cccnc1. The second-order valence-electron chi connectivity index (χ2n) is 4.91. The second kappa shape index (κ2) is 7.44. The highest BCUT2D eigenvalue weighted by Crippen LogP contribution is 2.15. The molecule has 2 amide bonds. The monoisotopic (exact) mass is 319 g/mol. The predicted molar refractivity (Wildman–Crippen MR) is 80.3 cm³/mol. The van der Waals surface area contributed by atoms with Crippen LogP contribution in [0, 0.1) is 11.6 Å². The molecule has 2 rings (SSSR count). The molecule has 0 atom stereocenters. The summed E-state index contributed by atoms with van der Waals surface area (Å²) in [5, 5.41) is 2.32. The Morgan fingerprint density at radius 2 is 2.04 bits per heavy atom. The van der Waals surface area contributed by atoms with Crippen LogP contribution in [-0.4, -0.2) is 28.2 Å². The Kier molecular flexibility index (Phi) is 5.35. The lowest BCUT2D eigenvalue weighted by Crippen LogP contribution is -2.36. The average molecular weight is 319 g/mol. The highest BCUT2D eigenvalue weighted by atomic mass is 19.1. The third kappa shape index (κ3) is 4.84. The van der Waals surface area contributed by atoms with Gasteiger partial charge in [0.1, 0.15) is 18.2 Å². The molecule has 5 nitrogen and oxygen atoms in total. The highest BCUT2D eigenvalue weighted by Gasteiger charge is 2.15. The van der Waals surface area contributed by atoms with Crippen LogP contribution in [0.3, 0.4) is 0 Å². The summed E-state index contributed by atoms with van der Waals surface area (Å²) in [5.41, 5.74) is 0.629. The summed E-state index contributed by atoms with van der Waals surface area (Å²) in [6.45, 7) is 1.30. The van der Waals surface area contributed by atoms with E-state index in [9.17, 15) is 18.4 Å². The molecule has 0 aliphatic heterocycles. The maximum Gasteiger partial charge on any atom is 0.244 e. The normalized spacial score (nSPS) is 10.2. The number of halogens is 2. The number of nitrogens with one attached hydrogen (secondary N) is 1. The molecule has 1 N–H and O–H groups in total. The number of pyridine rings is 1. The topological polar surface area (TPSA) is 62.3 Å². The summed E-state index contributed by atoms with van der Waals surface area (Å²) in [7, 11) is 0. The molecule has 0 bridgehead atoms. The van der Waals surface area contributed by atoms with Crippen molar-refractivity contribution < 1.29 is 18.4 Å². The Morgan fingerprint density at radius 1 is 1.26 bits per heavy atom. The molecule has 0 aliphatic carbocycles. The first kappa shape index (κ1) is 16.5. The molecule has 1 heterocycles. The molecule has 0 saturated heterocycles. The van der Waals surface area contributed by atoms with E-state index in [1.165, 1.54) is 11.8 Å². The third-order valence-corrected chi connectivity index (χ3v) is 3.08. The van der Waals surface area contributed by atoms with E-state index in [4.69, 9.17) is 0 Å². The zero-order valence-corrected chi connectivity index (χ0v) is 12.4. The Labute approximate surface area is 131 Å². The zero-order chi connectivity index (χ0) is 16.8. The fraction of sp³-hybridized carbons (Fsp3) is 0.188. The molecule has 0 radical (unpaired) electrons. The summed E-state index contributed by atoms with van der Waals surface area (Å²) in [4.78, 5) is 28.9. The summed E-state index contributed by atoms with van der Waals surface area (Å²) in [6.07, 6.45) is 3.19. The number of rotatable bonds is 5. The lowest BCUT2D eigenvalue weighted by atomic mass is 10.2. The standard InChI is InChI=1S/C16H15F2N3O2/c1-11(22)21(9-12-3-2-6-19-8-12)10-16(23)20-15-5-4-13(17)7-14(15)18/h2-8H,9-10H2,1H3,(H,20,23). The molecule has 0 saturated carbocycles. The minimum Gasteiger partial charge on any atom is -0.329 e. The van der Waals surface area contributed by atoms with E-state index in [2.05, 4.69) is 10.3 Å². The van der Waals surface area contributed by atoms with Crippen molar-refractivity contribution in [3.8, 4) is 0 Å². The molecule has 1 aromatic heterocycles. The summed E-state index contributed by atoms with van der Waals surface area (Å²) in [5.74, 6) is -2.49. The van der Waals surface area contributed by atoms with Crippen molar-refractivity contribution >= 4 is 17.5 Å². The number of nitrogens with zero attached hydrogens (tertiary/aromatic N) is 2. The largest absolute Gasteiger partial charge is 0.329 e. The van der Waals surface area contributed by atoms with Gasteiger partial charge in [0.05, 0.1) is 5.69 Å². The number of anilines is 1. The van der Waals surface area contributed by atoms with Gasteiger partial charge in [-0.25, -0.2) is 8.78 Å². The van der Waals surface area contributed by atoms with Gasteiger partial charge in [-0.1, -0.05) is 6.07 Å². The van der Waals surface area contributed by atoms with Crippen molar-refractivity contribution in [1.82, 2.24) is 9.88 Å². The lowest BCUT2D eigenvalue weighted by Gasteiger charge is -2.20. The summed E-state index contributed by atoms with van der Waals surface area (Å²) >= 11 is 0. The van der Waals surface area contributed by atoms with Gasteiger partial charge >= 0.3 is 0 Å². The summed E-state index contributed by atoms with van der Waals surface area (Å²) in [6, 6.07) is 6.34. The molecular weight excluding hydrogens is 304 g/mol. The minimum absolute atomic E-state index is 0.138. The van der Waals surface area contributed by atoms with Crippen LogP contribution < -0.4 is 5.32 Å². The minimum atomic E-state index is -0.875. The molecule has 23 heavy (non-hydrogen) atoms. The van der Waals surface area contributed by atoms with Crippen LogP contribution in [-0.2, 0) is 16.1 Å². The number of amides is 2. The van der Waals surface area contributed by atoms with E-state index in [-0.39, 0.29) is 24.7 Å². The molecule has 0 aliphatic rings. The first-order valence-corrected chi connectivity index (χ1v) is 6.85. The average Bonchev–Trinajstić information content (AvgIpc) is 2.50. The van der Waals surface area contributed by atoms with Gasteiger partial charge in [0.25, 0.3) is 0 Å². The zero-order valence-electron chi connectivity index (χ0n) is 12.4. The smallest absolute Gasteiger partial charge is 0.244 e. The van der Waals surface area contributed by atoms with Gasteiger partial charge in [-0.05, 0) is 23.8 Å². The van der Waals surface area contributed by atoms with Gasteiger partial charge in [0.15, 0.2) is 0 Å². The van der Waals surface area contributed by atoms with Gasteiger partial charge < -0.3 is 10.2 Å². The van der Waals surface area contributed by atoms with Gasteiger partial charge in [-0.2, -0.15) is 0 Å². The van der Waals surface area contributed by atoms with Crippen molar-refractivity contribution in [2.45, 2.75) is 13.5 Å². The molecule has 0 fully saturated rings. The molecule has 120 valence electrons. The fourth-order valence-electron chi connectivity index (χ4n) is 1.94. The number of benzene rings is 1. The van der Waals surface area contributed by atoms with Gasteiger partial charge in [0, 0.05) is 31.9 Å². The summed E-state index contributed by atoms with van der Waals surface area (Å²) < 4.78 is 26.3. The third-order valence-electron chi connectivity index (χ3n) is 3.08. The maximum atomic E-state index is 13.5. The van der Waals surface area contributed by atoms with E-state index < -0.39 is 17.5 Å². The number of aromatic nitrogens is 1. The fourth-order valence-corrected chi connectivity index (χ4v) is 1.94. The highest BCUT2D eigenvalue weighted by molar-refractivity contribution is 5.94. The maximum absolute atomic E-state index is 13.5. The van der Waals surface area contributed by atoms with E-state index in [1.807, 2.05) is 0 Å². The Bertz CT molecular complexity index is 708. The molecule has 0 spiro atoms. The van der Waals surface area contributed by atoms with Crippen LogP contribution in [0.5, 0.6) is 0 Å². The molecular formula is C16H15F2N3O2. The van der Waals surface area contributed by atoms with Crippen LogP contribution in [0.2, 0.25) is 0 Å². The van der Waals surface area contributed by atoms with E-state index in [0.717, 1.165) is 17.7 Å². The van der Waals surface area contributed by atoms with Crippen LogP contribution in [0.1, 0.15) is 12.5 Å². The number of carbonyl (C=O) groups excluding carboxylic acids is 2. The number of hydrogen-bond donors (Lipinski definition) is 1. The molecule has 7 heteroatoms. The Balaban J connectivity index is 2.02. The molecule has 2 aromatic rings. The predicted octanol–water partition coefficient (Wildman–Crippen LogP) is 2.35. The van der Waals surface area contributed by atoms with Crippen LogP contribution in [0.4, 0.5) is 14.5 Å². The molecule has 1 aromatic carbocycles.